The summed E-state index contributed by atoms with van der Waals surface area (Å²) in [5, 5.41) is 2.01. The van der Waals surface area contributed by atoms with E-state index >= 15 is 0 Å². The number of hydrogen-bond acceptors (Lipinski definition) is 9. The second-order valence-electron chi connectivity index (χ2n) is 18.7. The van der Waals surface area contributed by atoms with Gasteiger partial charge in [-0.2, -0.15) is 0 Å². The lowest BCUT2D eigenvalue weighted by molar-refractivity contribution is -0.153. The standard InChI is InChI=1S/C44H71O9PSi3/c1-42(2,3)56(14,15)52-40(30-31-51-57(43(4,5)6,38-22-18-16-19-23-38)39-24-20-17-21-25-39)41(50-33-35-26-28-37(47-8)29-27-35)44(7,53-55(11,12)13)32-36(45)34-54(46,48-9)49-10/h16-29,40-41H,30-34H2,1-15H3/t40-,41-,44+/m0/s1. The van der Waals surface area contributed by atoms with E-state index in [1.807, 2.05) is 43.3 Å². The molecule has 0 fully saturated rings. The van der Waals surface area contributed by atoms with Crippen LogP contribution in [0.4, 0.5) is 0 Å². The Balaban J connectivity index is 2.24. The maximum absolute atomic E-state index is 14.0. The van der Waals surface area contributed by atoms with Gasteiger partial charge in [-0.1, -0.05) is 114 Å². The number of rotatable bonds is 22. The Labute approximate surface area is 347 Å². The quantitative estimate of drug-likeness (QED) is 0.0723. The van der Waals surface area contributed by atoms with Crippen LogP contribution in [0.1, 0.15) is 66.9 Å². The minimum Gasteiger partial charge on any atom is -0.497 e. The number of methoxy groups -OCH3 is 1. The molecule has 13 heteroatoms. The molecule has 0 saturated heterocycles. The van der Waals surface area contributed by atoms with E-state index in [-0.39, 0.29) is 35.0 Å². The van der Waals surface area contributed by atoms with Gasteiger partial charge >= 0.3 is 7.60 Å². The molecule has 3 atom stereocenters. The van der Waals surface area contributed by atoms with Crippen molar-refractivity contribution < 1.29 is 41.2 Å². The third-order valence-electron chi connectivity index (χ3n) is 10.9. The summed E-state index contributed by atoms with van der Waals surface area (Å²) >= 11 is 0. The van der Waals surface area contributed by atoms with Gasteiger partial charge in [0.1, 0.15) is 23.8 Å². The predicted molar refractivity (Wildman–Crippen MR) is 241 cm³/mol. The van der Waals surface area contributed by atoms with Crippen LogP contribution in [0.5, 0.6) is 5.75 Å². The van der Waals surface area contributed by atoms with E-state index in [1.54, 1.807) is 7.11 Å². The number of carbonyl (C=O) groups is 1. The van der Waals surface area contributed by atoms with Gasteiger partial charge < -0.3 is 31.8 Å². The van der Waals surface area contributed by atoms with E-state index in [2.05, 4.69) is 123 Å². The van der Waals surface area contributed by atoms with Crippen LogP contribution in [-0.2, 0) is 43.0 Å². The molecule has 0 aliphatic carbocycles. The Morgan fingerprint density at radius 2 is 1.23 bits per heavy atom. The van der Waals surface area contributed by atoms with Crippen LogP contribution in [-0.4, -0.2) is 82.6 Å². The first-order chi connectivity index (χ1) is 26.4. The molecule has 0 aliphatic heterocycles. The molecule has 0 heterocycles. The van der Waals surface area contributed by atoms with Crippen molar-refractivity contribution in [2.24, 2.45) is 0 Å². The van der Waals surface area contributed by atoms with Crippen LogP contribution in [0.2, 0.25) is 42.8 Å². The first-order valence-corrected chi connectivity index (χ1v) is 29.9. The Hall–Kier alpha value is -2.23. The highest BCUT2D eigenvalue weighted by molar-refractivity contribution is 7.54. The van der Waals surface area contributed by atoms with Crippen LogP contribution in [0.25, 0.3) is 0 Å². The zero-order valence-electron chi connectivity index (χ0n) is 37.4. The Morgan fingerprint density at radius 1 is 0.719 bits per heavy atom. The van der Waals surface area contributed by atoms with Gasteiger partial charge in [-0.3, -0.25) is 9.36 Å². The molecule has 318 valence electrons. The van der Waals surface area contributed by atoms with E-state index in [4.69, 9.17) is 31.8 Å². The summed E-state index contributed by atoms with van der Waals surface area (Å²) in [5.41, 5.74) is -0.259. The largest absolute Gasteiger partial charge is 0.497 e. The summed E-state index contributed by atoms with van der Waals surface area (Å²) in [5.74, 6) is 0.434. The molecule has 0 N–H and O–H groups in total. The first-order valence-electron chi connectivity index (χ1n) is 19.9. The first kappa shape index (κ1) is 49.1. The molecule has 0 unspecified atom stereocenters. The van der Waals surface area contributed by atoms with Crippen molar-refractivity contribution in [1.82, 2.24) is 0 Å². The maximum Gasteiger partial charge on any atom is 0.337 e. The maximum atomic E-state index is 14.0. The normalized spacial score (nSPS) is 15.5. The fourth-order valence-corrected chi connectivity index (χ4v) is 15.7. The second-order valence-corrected chi connectivity index (χ2v) is 34.4. The summed E-state index contributed by atoms with van der Waals surface area (Å²) in [7, 11) is -7.20. The van der Waals surface area contributed by atoms with Crippen molar-refractivity contribution in [3.8, 4) is 5.75 Å². The molecule has 0 aromatic heterocycles. The molecule has 3 rings (SSSR count). The summed E-state index contributed by atoms with van der Waals surface area (Å²) in [4.78, 5) is 14.0. The van der Waals surface area contributed by atoms with Crippen molar-refractivity contribution in [2.45, 2.75) is 129 Å². The third-order valence-corrected chi connectivity index (χ3v) is 23.4. The molecule has 3 aromatic rings. The molecule has 0 amide bonds. The van der Waals surface area contributed by atoms with Crippen molar-refractivity contribution in [3.05, 3.63) is 90.5 Å². The number of Topliss-reactive ketones (excluding diaryl/α,β-unsaturated/α-hetero) is 1. The molecule has 9 nitrogen and oxygen atoms in total. The highest BCUT2D eigenvalue weighted by Gasteiger charge is 2.52. The lowest BCUT2D eigenvalue weighted by atomic mass is 9.88. The number of ether oxygens (including phenoxy) is 2. The van der Waals surface area contributed by atoms with E-state index in [1.165, 1.54) is 24.6 Å². The molecule has 3 aromatic carbocycles. The van der Waals surface area contributed by atoms with Crippen LogP contribution in [0.3, 0.4) is 0 Å². The second kappa shape index (κ2) is 19.9. The van der Waals surface area contributed by atoms with Gasteiger partial charge in [-0.15, -0.1) is 0 Å². The molecule has 0 aliphatic rings. The van der Waals surface area contributed by atoms with Gasteiger partial charge in [0.25, 0.3) is 8.32 Å². The van der Waals surface area contributed by atoms with Crippen LogP contribution >= 0.6 is 7.60 Å². The molecular formula is C44H71O9PSi3. The average molecular weight is 859 g/mol. The molecule has 0 spiro atoms. The topological polar surface area (TPSA) is 98.8 Å². The summed E-state index contributed by atoms with van der Waals surface area (Å²) in [6.45, 7) is 26.8. The van der Waals surface area contributed by atoms with Crippen LogP contribution in [0, 0.1) is 0 Å². The average Bonchev–Trinajstić information content (AvgIpc) is 3.12. The van der Waals surface area contributed by atoms with E-state index in [9.17, 15) is 9.36 Å². The van der Waals surface area contributed by atoms with Gasteiger partial charge in [-0.05, 0) is 84.2 Å². The summed E-state index contributed by atoms with van der Waals surface area (Å²) < 4.78 is 58.2. The Kier molecular flexibility index (Phi) is 17.1. The van der Waals surface area contributed by atoms with Crippen molar-refractivity contribution >= 4 is 48.7 Å². The molecule has 0 bridgehead atoms. The molecule has 0 saturated carbocycles. The predicted octanol–water partition coefficient (Wildman–Crippen LogP) is 9.99. The lowest BCUT2D eigenvalue weighted by Gasteiger charge is -2.48. The zero-order chi connectivity index (χ0) is 42.9. The van der Waals surface area contributed by atoms with Crippen LogP contribution < -0.4 is 15.1 Å². The number of carbonyl (C=O) groups excluding carboxylic acids is 1. The highest BCUT2D eigenvalue weighted by Crippen LogP contribution is 2.47. The zero-order valence-corrected chi connectivity index (χ0v) is 41.3. The molecule has 0 radical (unpaired) electrons. The number of ketones is 1. The van der Waals surface area contributed by atoms with Crippen molar-refractivity contribution in [3.63, 3.8) is 0 Å². The molecular weight excluding hydrogens is 788 g/mol. The fourth-order valence-electron chi connectivity index (χ4n) is 7.26. The van der Waals surface area contributed by atoms with E-state index < -0.39 is 50.4 Å². The summed E-state index contributed by atoms with van der Waals surface area (Å²) in [6.07, 6.45) is -1.29. The van der Waals surface area contributed by atoms with Gasteiger partial charge in [-0.25, -0.2) is 0 Å². The van der Waals surface area contributed by atoms with Gasteiger partial charge in [0.15, 0.2) is 16.6 Å². The van der Waals surface area contributed by atoms with Gasteiger partial charge in [0, 0.05) is 27.2 Å². The lowest BCUT2D eigenvalue weighted by Crippen LogP contribution is -2.67. The third kappa shape index (κ3) is 13.1. The van der Waals surface area contributed by atoms with Crippen molar-refractivity contribution in [1.29, 1.82) is 0 Å². The highest BCUT2D eigenvalue weighted by atomic mass is 31.2. The van der Waals surface area contributed by atoms with Crippen LogP contribution in [0.15, 0.2) is 84.9 Å². The van der Waals surface area contributed by atoms with Crippen molar-refractivity contribution in [2.75, 3.05) is 34.1 Å². The minimum absolute atomic E-state index is 0.0891. The van der Waals surface area contributed by atoms with E-state index in [0.29, 0.717) is 13.0 Å². The SMILES string of the molecule is COc1ccc(CO[C@@H]([C@H](CCO[Si](c2ccccc2)(c2ccccc2)C(C)(C)C)O[Si](C)(C)C(C)(C)C)[C@@](C)(CC(=O)CP(=O)(OC)OC)O[Si](C)(C)C)cc1. The van der Waals surface area contributed by atoms with Gasteiger partial charge in [0.2, 0.25) is 0 Å². The fraction of sp³-hybridized carbons (Fsp3) is 0.568. The number of hydrogen-bond donors (Lipinski definition) is 0. The van der Waals surface area contributed by atoms with Gasteiger partial charge in [0.05, 0.1) is 25.4 Å². The number of benzene rings is 3. The summed E-state index contributed by atoms with van der Waals surface area (Å²) in [6, 6.07) is 29.0. The Morgan fingerprint density at radius 3 is 1.65 bits per heavy atom. The molecule has 57 heavy (non-hydrogen) atoms. The Bertz CT molecular complexity index is 1690. The minimum atomic E-state index is -3.65. The van der Waals surface area contributed by atoms with E-state index in [0.717, 1.165) is 11.3 Å². The smallest absolute Gasteiger partial charge is 0.337 e. The monoisotopic (exact) mass is 858 g/mol.